The summed E-state index contributed by atoms with van der Waals surface area (Å²) in [5.74, 6) is -1.05. The summed E-state index contributed by atoms with van der Waals surface area (Å²) >= 11 is 0. The number of phenols is 2. The van der Waals surface area contributed by atoms with Gasteiger partial charge in [0.05, 0.1) is 11.5 Å². The van der Waals surface area contributed by atoms with Gasteiger partial charge in [-0.3, -0.25) is 4.79 Å². The Balaban J connectivity index is 2.74. The predicted molar refractivity (Wildman–Crippen MR) is 131 cm³/mol. The van der Waals surface area contributed by atoms with E-state index in [2.05, 4.69) is 6.08 Å². The first-order chi connectivity index (χ1) is 15.5. The molecule has 0 unspecified atom stereocenters. The monoisotopic (exact) mass is 456 g/mol. The Morgan fingerprint density at radius 2 is 1.79 bits per heavy atom. The van der Waals surface area contributed by atoms with Gasteiger partial charge in [-0.2, -0.15) is 0 Å². The summed E-state index contributed by atoms with van der Waals surface area (Å²) in [6.07, 6.45) is 5.36. The Labute approximate surface area is 195 Å². The molecule has 0 aliphatic heterocycles. The van der Waals surface area contributed by atoms with E-state index in [9.17, 15) is 24.9 Å². The molecule has 2 rings (SSSR count). The van der Waals surface area contributed by atoms with Crippen LogP contribution in [0.25, 0.3) is 11.0 Å². The van der Waals surface area contributed by atoms with Crippen LogP contribution in [-0.2, 0) is 6.42 Å². The van der Waals surface area contributed by atoms with E-state index >= 15 is 0 Å². The Kier molecular flexibility index (Phi) is 9.06. The van der Waals surface area contributed by atoms with E-state index < -0.39 is 11.7 Å². The largest absolute Gasteiger partial charge is 0.507 e. The zero-order valence-electron chi connectivity index (χ0n) is 20.5. The third-order valence-corrected chi connectivity index (χ3v) is 5.63. The molecular weight excluding hydrogens is 420 g/mol. The van der Waals surface area contributed by atoms with Gasteiger partial charge in [-0.15, -0.1) is 0 Å². The van der Waals surface area contributed by atoms with Crippen LogP contribution in [0.15, 0.2) is 38.6 Å². The Hall–Kier alpha value is -2.86. The molecule has 6 nitrogen and oxygen atoms in total. The maximum atomic E-state index is 13.1. The first kappa shape index (κ1) is 26.4. The lowest BCUT2D eigenvalue weighted by molar-refractivity contribution is 0.0965. The fourth-order valence-corrected chi connectivity index (χ4v) is 3.83. The van der Waals surface area contributed by atoms with Crippen LogP contribution in [0.1, 0.15) is 94.8 Å². The summed E-state index contributed by atoms with van der Waals surface area (Å²) in [5, 5.41) is 32.8. The fraction of sp³-hybridized carbons (Fsp3) is 0.481. The molecule has 0 spiro atoms. The molecule has 0 fully saturated rings. The molecule has 1 atom stereocenters. The molecule has 180 valence electrons. The number of aliphatic hydroxyl groups excluding tert-OH is 1. The SMILES string of the molecule is CC[C@@H](O)c1cc(=O)oc2c(C(=O)CC(C)C)c(O)c(CC=C(C)CCC=C(C)C)c(O)c12. The molecule has 1 aromatic heterocycles. The van der Waals surface area contributed by atoms with E-state index in [1.807, 2.05) is 40.7 Å². The highest BCUT2D eigenvalue weighted by Crippen LogP contribution is 2.43. The first-order valence-corrected chi connectivity index (χ1v) is 11.5. The van der Waals surface area contributed by atoms with Crippen molar-refractivity contribution in [2.45, 2.75) is 79.8 Å². The van der Waals surface area contributed by atoms with Crippen LogP contribution in [0, 0.1) is 5.92 Å². The lowest BCUT2D eigenvalue weighted by atomic mass is 9.91. The van der Waals surface area contributed by atoms with Gasteiger partial charge in [-0.1, -0.05) is 44.1 Å². The standard InChI is InChI=1S/C27H36O6/c1-7-20(28)19-14-22(30)33-27-23(19)25(31)18(12-11-17(6)10-8-9-15(2)3)26(32)24(27)21(29)13-16(4)5/h9,11,14,16,20,28,31-32H,7-8,10,12-13H2,1-6H3/t20-/m1/s1. The van der Waals surface area contributed by atoms with Crippen molar-refractivity contribution in [1.29, 1.82) is 0 Å². The van der Waals surface area contributed by atoms with Crippen molar-refractivity contribution < 1.29 is 24.5 Å². The van der Waals surface area contributed by atoms with Crippen LogP contribution >= 0.6 is 0 Å². The Morgan fingerprint density at radius 3 is 2.36 bits per heavy atom. The number of benzene rings is 1. The average molecular weight is 457 g/mol. The van der Waals surface area contributed by atoms with Crippen LogP contribution < -0.4 is 5.63 Å². The number of rotatable bonds is 10. The van der Waals surface area contributed by atoms with E-state index in [1.165, 1.54) is 5.57 Å². The van der Waals surface area contributed by atoms with Crippen molar-refractivity contribution in [3.8, 4) is 11.5 Å². The number of aromatic hydroxyl groups is 2. The highest BCUT2D eigenvalue weighted by molar-refractivity contribution is 6.11. The van der Waals surface area contributed by atoms with Gasteiger partial charge < -0.3 is 19.7 Å². The van der Waals surface area contributed by atoms with Crippen LogP contribution in [0.3, 0.4) is 0 Å². The maximum Gasteiger partial charge on any atom is 0.336 e. The predicted octanol–water partition coefficient (Wildman–Crippen LogP) is 6.11. The van der Waals surface area contributed by atoms with E-state index in [0.717, 1.165) is 24.5 Å². The number of hydrogen-bond acceptors (Lipinski definition) is 6. The second-order valence-corrected chi connectivity index (χ2v) is 9.30. The smallest absolute Gasteiger partial charge is 0.336 e. The van der Waals surface area contributed by atoms with Gasteiger partial charge in [-0.25, -0.2) is 4.79 Å². The molecule has 0 radical (unpaired) electrons. The van der Waals surface area contributed by atoms with Crippen molar-refractivity contribution in [2.75, 3.05) is 0 Å². The number of fused-ring (bicyclic) bond motifs is 1. The van der Waals surface area contributed by atoms with Gasteiger partial charge in [0.25, 0.3) is 0 Å². The Morgan fingerprint density at radius 1 is 1.12 bits per heavy atom. The summed E-state index contributed by atoms with van der Waals surface area (Å²) in [7, 11) is 0. The summed E-state index contributed by atoms with van der Waals surface area (Å²) in [4.78, 5) is 25.3. The molecule has 33 heavy (non-hydrogen) atoms. The van der Waals surface area contributed by atoms with E-state index in [-0.39, 0.29) is 63.7 Å². The number of aliphatic hydroxyl groups is 1. The van der Waals surface area contributed by atoms with Gasteiger partial charge in [0.15, 0.2) is 11.4 Å². The quantitative estimate of drug-likeness (QED) is 0.226. The molecule has 0 aliphatic rings. The third kappa shape index (κ3) is 6.35. The Bertz CT molecular complexity index is 1130. The van der Waals surface area contributed by atoms with Gasteiger partial charge in [0, 0.05) is 23.6 Å². The molecule has 0 saturated carbocycles. The maximum absolute atomic E-state index is 13.1. The number of carbonyl (C=O) groups excluding carboxylic acids is 1. The zero-order chi connectivity index (χ0) is 24.9. The zero-order valence-corrected chi connectivity index (χ0v) is 20.5. The van der Waals surface area contributed by atoms with Crippen molar-refractivity contribution in [3.63, 3.8) is 0 Å². The van der Waals surface area contributed by atoms with Gasteiger partial charge in [0.2, 0.25) is 0 Å². The minimum Gasteiger partial charge on any atom is -0.507 e. The van der Waals surface area contributed by atoms with Crippen LogP contribution in [0.5, 0.6) is 11.5 Å². The number of phenolic OH excluding ortho intramolecular Hbond substituents is 2. The number of ketones is 1. The molecule has 0 amide bonds. The summed E-state index contributed by atoms with van der Waals surface area (Å²) in [5.41, 5.74) is 1.62. The number of allylic oxidation sites excluding steroid dienone is 4. The summed E-state index contributed by atoms with van der Waals surface area (Å²) in [6, 6.07) is 1.13. The highest BCUT2D eigenvalue weighted by atomic mass is 16.4. The minimum absolute atomic E-state index is 0.0116. The van der Waals surface area contributed by atoms with E-state index in [1.54, 1.807) is 6.92 Å². The second kappa shape index (κ2) is 11.3. The molecule has 0 saturated heterocycles. The van der Waals surface area contributed by atoms with E-state index in [4.69, 9.17) is 4.42 Å². The topological polar surface area (TPSA) is 108 Å². The normalized spacial score (nSPS) is 12.9. The van der Waals surface area contributed by atoms with E-state index in [0.29, 0.717) is 6.42 Å². The third-order valence-electron chi connectivity index (χ3n) is 5.63. The van der Waals surface area contributed by atoms with Gasteiger partial charge in [0.1, 0.15) is 17.1 Å². The van der Waals surface area contributed by atoms with Gasteiger partial charge in [-0.05, 0) is 52.4 Å². The molecule has 1 heterocycles. The van der Waals surface area contributed by atoms with Crippen LogP contribution in [-0.4, -0.2) is 21.1 Å². The molecule has 2 aromatic rings. The highest BCUT2D eigenvalue weighted by Gasteiger charge is 2.28. The molecule has 3 N–H and O–H groups in total. The molecule has 0 bridgehead atoms. The minimum atomic E-state index is -1.03. The number of hydrogen-bond donors (Lipinski definition) is 3. The van der Waals surface area contributed by atoms with Crippen molar-refractivity contribution in [2.24, 2.45) is 5.92 Å². The van der Waals surface area contributed by atoms with Crippen molar-refractivity contribution in [1.82, 2.24) is 0 Å². The molecule has 6 heteroatoms. The molecular formula is C27H36O6. The summed E-state index contributed by atoms with van der Waals surface area (Å²) in [6.45, 7) is 11.6. The van der Waals surface area contributed by atoms with Crippen LogP contribution in [0.4, 0.5) is 0 Å². The lowest BCUT2D eigenvalue weighted by Crippen LogP contribution is -2.11. The van der Waals surface area contributed by atoms with Crippen LogP contribution in [0.2, 0.25) is 0 Å². The number of carbonyl (C=O) groups is 1. The second-order valence-electron chi connectivity index (χ2n) is 9.30. The van der Waals surface area contributed by atoms with Crippen molar-refractivity contribution >= 4 is 16.8 Å². The first-order valence-electron chi connectivity index (χ1n) is 11.5. The number of Topliss-reactive ketones (excluding diaryl/α,β-unsaturated/α-hetero) is 1. The fourth-order valence-electron chi connectivity index (χ4n) is 3.83. The molecule has 0 aliphatic carbocycles. The van der Waals surface area contributed by atoms with Crippen molar-refractivity contribution in [3.05, 3.63) is 56.5 Å². The summed E-state index contributed by atoms with van der Waals surface area (Å²) < 4.78 is 5.32. The van der Waals surface area contributed by atoms with Gasteiger partial charge >= 0.3 is 5.63 Å². The lowest BCUT2D eigenvalue weighted by Gasteiger charge is -2.18. The molecule has 1 aromatic carbocycles. The average Bonchev–Trinajstić information content (AvgIpc) is 2.71.